The van der Waals surface area contributed by atoms with Crippen molar-refractivity contribution in [2.45, 2.75) is 46.6 Å². The van der Waals surface area contributed by atoms with Gasteiger partial charge in [-0.3, -0.25) is 0 Å². The van der Waals surface area contributed by atoms with Gasteiger partial charge in [-0.25, -0.2) is 0 Å². The molecule has 0 saturated carbocycles. The summed E-state index contributed by atoms with van der Waals surface area (Å²) in [7, 11) is 0. The second-order valence-corrected chi connectivity index (χ2v) is 4.12. The summed E-state index contributed by atoms with van der Waals surface area (Å²) >= 11 is 0. The molecule has 0 heterocycles. The quantitative estimate of drug-likeness (QED) is 0.777. The monoisotopic (exact) mass is 192 g/mol. The highest BCUT2D eigenvalue weighted by atomic mass is 16.3. The number of aliphatic hydroxyl groups is 1. The molecular formula is C13H20O. The lowest BCUT2D eigenvalue weighted by atomic mass is 9.94. The number of aryl methyl sites for hydroxylation is 3. The second kappa shape index (κ2) is 4.61. The Morgan fingerprint density at radius 1 is 1.14 bits per heavy atom. The van der Waals surface area contributed by atoms with Crippen molar-refractivity contribution in [3.05, 3.63) is 34.4 Å². The molecule has 1 aromatic carbocycles. The Kier molecular flexibility index (Phi) is 3.70. The molecule has 1 unspecified atom stereocenters. The summed E-state index contributed by atoms with van der Waals surface area (Å²) in [5, 5.41) is 9.97. The van der Waals surface area contributed by atoms with Crippen molar-refractivity contribution in [2.75, 3.05) is 0 Å². The molecule has 0 aliphatic heterocycles. The summed E-state index contributed by atoms with van der Waals surface area (Å²) in [5.74, 6) is 0. The fourth-order valence-corrected chi connectivity index (χ4v) is 2.13. The lowest BCUT2D eigenvalue weighted by Crippen LogP contribution is -2.03. The van der Waals surface area contributed by atoms with Crippen LogP contribution in [0.3, 0.4) is 0 Å². The van der Waals surface area contributed by atoms with Gasteiger partial charge in [0.15, 0.2) is 0 Å². The Morgan fingerprint density at radius 3 is 2.07 bits per heavy atom. The standard InChI is InChI=1S/C13H20O/c1-5-6-12(14)13-10(3)7-9(2)8-11(13)4/h7-8,12,14H,5-6H2,1-4H3. The first kappa shape index (κ1) is 11.3. The Balaban J connectivity index is 3.07. The number of aliphatic hydroxyl groups excluding tert-OH is 1. The van der Waals surface area contributed by atoms with Gasteiger partial charge in [0.05, 0.1) is 6.10 Å². The van der Waals surface area contributed by atoms with E-state index >= 15 is 0 Å². The van der Waals surface area contributed by atoms with Gasteiger partial charge in [0.1, 0.15) is 0 Å². The maximum absolute atomic E-state index is 9.97. The van der Waals surface area contributed by atoms with Crippen LogP contribution in [0.4, 0.5) is 0 Å². The summed E-state index contributed by atoms with van der Waals surface area (Å²) in [4.78, 5) is 0. The molecule has 0 aromatic heterocycles. The second-order valence-electron chi connectivity index (χ2n) is 4.12. The SMILES string of the molecule is CCCC(O)c1c(C)cc(C)cc1C. The molecule has 0 amide bonds. The zero-order valence-electron chi connectivity index (χ0n) is 9.59. The third kappa shape index (κ3) is 2.36. The molecule has 0 bridgehead atoms. The Hall–Kier alpha value is -0.820. The van der Waals surface area contributed by atoms with E-state index in [1.165, 1.54) is 16.7 Å². The molecule has 14 heavy (non-hydrogen) atoms. The summed E-state index contributed by atoms with van der Waals surface area (Å²) in [6.07, 6.45) is 1.58. The van der Waals surface area contributed by atoms with E-state index < -0.39 is 0 Å². The average Bonchev–Trinajstić information content (AvgIpc) is 2.01. The molecule has 0 fully saturated rings. The highest BCUT2D eigenvalue weighted by Crippen LogP contribution is 2.26. The Labute approximate surface area is 86.8 Å². The van der Waals surface area contributed by atoms with Crippen molar-refractivity contribution < 1.29 is 5.11 Å². The maximum Gasteiger partial charge on any atom is 0.0795 e. The lowest BCUT2D eigenvalue weighted by molar-refractivity contribution is 0.165. The molecule has 1 rings (SSSR count). The first-order valence-corrected chi connectivity index (χ1v) is 5.32. The van der Waals surface area contributed by atoms with E-state index in [1.54, 1.807) is 0 Å². The molecule has 0 saturated heterocycles. The van der Waals surface area contributed by atoms with Crippen LogP contribution in [0.5, 0.6) is 0 Å². The van der Waals surface area contributed by atoms with Crippen LogP contribution < -0.4 is 0 Å². The Bertz CT molecular complexity index is 292. The van der Waals surface area contributed by atoms with Gasteiger partial charge < -0.3 is 5.11 Å². The van der Waals surface area contributed by atoms with Gasteiger partial charge in [0, 0.05) is 0 Å². The van der Waals surface area contributed by atoms with E-state index in [-0.39, 0.29) is 6.10 Å². The summed E-state index contributed by atoms with van der Waals surface area (Å²) in [5.41, 5.74) is 4.82. The van der Waals surface area contributed by atoms with Gasteiger partial charge in [0.2, 0.25) is 0 Å². The molecule has 0 radical (unpaired) electrons. The van der Waals surface area contributed by atoms with Crippen molar-refractivity contribution in [1.29, 1.82) is 0 Å². The predicted octanol–water partition coefficient (Wildman–Crippen LogP) is 3.45. The summed E-state index contributed by atoms with van der Waals surface area (Å²) < 4.78 is 0. The highest BCUT2D eigenvalue weighted by molar-refractivity contribution is 5.38. The van der Waals surface area contributed by atoms with Crippen LogP contribution >= 0.6 is 0 Å². The number of hydrogen-bond donors (Lipinski definition) is 1. The van der Waals surface area contributed by atoms with E-state index in [2.05, 4.69) is 39.8 Å². The molecular weight excluding hydrogens is 172 g/mol. The van der Waals surface area contributed by atoms with E-state index in [9.17, 15) is 5.11 Å². The molecule has 0 aliphatic carbocycles. The lowest BCUT2D eigenvalue weighted by Gasteiger charge is -2.16. The van der Waals surface area contributed by atoms with E-state index in [0.29, 0.717) is 0 Å². The molecule has 1 heteroatoms. The molecule has 0 spiro atoms. The smallest absolute Gasteiger partial charge is 0.0795 e. The molecule has 0 aliphatic rings. The van der Waals surface area contributed by atoms with Gasteiger partial charge in [-0.2, -0.15) is 0 Å². The van der Waals surface area contributed by atoms with E-state index in [4.69, 9.17) is 0 Å². The third-order valence-corrected chi connectivity index (χ3v) is 2.63. The molecule has 1 atom stereocenters. The third-order valence-electron chi connectivity index (χ3n) is 2.63. The molecule has 1 aromatic rings. The number of hydrogen-bond acceptors (Lipinski definition) is 1. The zero-order valence-corrected chi connectivity index (χ0v) is 9.59. The van der Waals surface area contributed by atoms with Gasteiger partial charge in [-0.05, 0) is 43.9 Å². The van der Waals surface area contributed by atoms with Crippen LogP contribution in [0.15, 0.2) is 12.1 Å². The fraction of sp³-hybridized carbons (Fsp3) is 0.538. The first-order chi connectivity index (χ1) is 6.56. The summed E-state index contributed by atoms with van der Waals surface area (Å²) in [6, 6.07) is 4.28. The maximum atomic E-state index is 9.97. The van der Waals surface area contributed by atoms with Crippen molar-refractivity contribution >= 4 is 0 Å². The van der Waals surface area contributed by atoms with Crippen LogP contribution in [0, 0.1) is 20.8 Å². The fourth-order valence-electron chi connectivity index (χ4n) is 2.13. The largest absolute Gasteiger partial charge is 0.388 e. The molecule has 1 nitrogen and oxygen atoms in total. The normalized spacial score (nSPS) is 12.9. The number of rotatable bonds is 3. The van der Waals surface area contributed by atoms with Crippen LogP contribution in [-0.2, 0) is 0 Å². The first-order valence-electron chi connectivity index (χ1n) is 5.32. The van der Waals surface area contributed by atoms with Crippen LogP contribution in [0.25, 0.3) is 0 Å². The molecule has 1 N–H and O–H groups in total. The predicted molar refractivity (Wildman–Crippen MR) is 60.5 cm³/mol. The van der Waals surface area contributed by atoms with Crippen molar-refractivity contribution in [1.82, 2.24) is 0 Å². The van der Waals surface area contributed by atoms with E-state index in [0.717, 1.165) is 18.4 Å². The van der Waals surface area contributed by atoms with Crippen LogP contribution in [0.1, 0.15) is 48.1 Å². The summed E-state index contributed by atoms with van der Waals surface area (Å²) in [6.45, 7) is 8.35. The highest BCUT2D eigenvalue weighted by Gasteiger charge is 2.12. The van der Waals surface area contributed by atoms with E-state index in [1.807, 2.05) is 0 Å². The Morgan fingerprint density at radius 2 is 1.64 bits per heavy atom. The minimum atomic E-state index is -0.291. The van der Waals surface area contributed by atoms with Crippen molar-refractivity contribution in [3.8, 4) is 0 Å². The topological polar surface area (TPSA) is 20.2 Å². The minimum Gasteiger partial charge on any atom is -0.388 e. The van der Waals surface area contributed by atoms with Gasteiger partial charge in [-0.15, -0.1) is 0 Å². The molecule has 78 valence electrons. The van der Waals surface area contributed by atoms with Gasteiger partial charge in [0.25, 0.3) is 0 Å². The van der Waals surface area contributed by atoms with Gasteiger partial charge in [-0.1, -0.05) is 31.0 Å². The van der Waals surface area contributed by atoms with Crippen LogP contribution in [0.2, 0.25) is 0 Å². The number of benzene rings is 1. The van der Waals surface area contributed by atoms with Gasteiger partial charge >= 0.3 is 0 Å². The minimum absolute atomic E-state index is 0.291. The average molecular weight is 192 g/mol. The van der Waals surface area contributed by atoms with Crippen LogP contribution in [-0.4, -0.2) is 5.11 Å². The zero-order chi connectivity index (χ0) is 10.7. The van der Waals surface area contributed by atoms with Crippen molar-refractivity contribution in [3.63, 3.8) is 0 Å². The van der Waals surface area contributed by atoms with Crippen molar-refractivity contribution in [2.24, 2.45) is 0 Å².